The molecule has 1 saturated carbocycles. The molecule has 0 bridgehead atoms. The number of rotatable bonds is 6. The van der Waals surface area contributed by atoms with Crippen molar-refractivity contribution in [2.45, 2.75) is 78.7 Å². The molecule has 2 aliphatic rings. The third-order valence-corrected chi connectivity index (χ3v) is 5.92. The summed E-state index contributed by atoms with van der Waals surface area (Å²) in [6.07, 6.45) is 10.4. The molecule has 2 nitrogen and oxygen atoms in total. The van der Waals surface area contributed by atoms with Crippen LogP contribution >= 0.6 is 0 Å². The normalized spacial score (nSPS) is 24.9. The molecular formula is C19H38N2. The lowest BCUT2D eigenvalue weighted by atomic mass is 9.68. The average molecular weight is 295 g/mol. The van der Waals surface area contributed by atoms with Gasteiger partial charge in [-0.15, -0.1) is 0 Å². The predicted octanol–water partition coefficient (Wildman–Crippen LogP) is 4.30. The van der Waals surface area contributed by atoms with Gasteiger partial charge in [-0.05, 0) is 62.6 Å². The van der Waals surface area contributed by atoms with Crippen molar-refractivity contribution in [2.75, 3.05) is 26.2 Å². The SMILES string of the molecule is CC(C)CNCC(C(C)C)N1CCC2(CCCCC2)CC1. The van der Waals surface area contributed by atoms with E-state index in [0.29, 0.717) is 0 Å². The molecule has 1 N–H and O–H groups in total. The van der Waals surface area contributed by atoms with Crippen LogP contribution < -0.4 is 5.32 Å². The topological polar surface area (TPSA) is 15.3 Å². The molecule has 1 aliphatic heterocycles. The van der Waals surface area contributed by atoms with Gasteiger partial charge in [-0.3, -0.25) is 4.90 Å². The molecule has 1 aliphatic carbocycles. The van der Waals surface area contributed by atoms with Gasteiger partial charge in [-0.1, -0.05) is 47.0 Å². The Morgan fingerprint density at radius 3 is 2.00 bits per heavy atom. The second-order valence-corrected chi connectivity index (χ2v) is 8.46. The van der Waals surface area contributed by atoms with Crippen molar-refractivity contribution in [1.29, 1.82) is 0 Å². The second kappa shape index (κ2) is 7.97. The molecule has 1 atom stereocenters. The Labute approximate surface area is 133 Å². The smallest absolute Gasteiger partial charge is 0.0243 e. The third kappa shape index (κ3) is 4.96. The van der Waals surface area contributed by atoms with Crippen LogP contribution in [0.2, 0.25) is 0 Å². The largest absolute Gasteiger partial charge is 0.315 e. The summed E-state index contributed by atoms with van der Waals surface area (Å²) in [6.45, 7) is 14.4. The summed E-state index contributed by atoms with van der Waals surface area (Å²) in [5.74, 6) is 1.51. The average Bonchev–Trinajstić information content (AvgIpc) is 2.45. The molecule has 0 aromatic heterocycles. The summed E-state index contributed by atoms with van der Waals surface area (Å²) in [5.41, 5.74) is 0.738. The molecule has 0 aromatic carbocycles. The number of piperidine rings is 1. The van der Waals surface area contributed by atoms with Gasteiger partial charge < -0.3 is 5.32 Å². The number of hydrogen-bond acceptors (Lipinski definition) is 2. The molecular weight excluding hydrogens is 256 g/mol. The molecule has 21 heavy (non-hydrogen) atoms. The number of nitrogens with zero attached hydrogens (tertiary/aromatic N) is 1. The summed E-state index contributed by atoms with van der Waals surface area (Å²) < 4.78 is 0. The van der Waals surface area contributed by atoms with E-state index in [-0.39, 0.29) is 0 Å². The van der Waals surface area contributed by atoms with Crippen LogP contribution in [0.15, 0.2) is 0 Å². The van der Waals surface area contributed by atoms with Gasteiger partial charge in [0.25, 0.3) is 0 Å². The maximum Gasteiger partial charge on any atom is 0.0243 e. The molecule has 0 amide bonds. The van der Waals surface area contributed by atoms with Gasteiger partial charge in [0.1, 0.15) is 0 Å². The van der Waals surface area contributed by atoms with E-state index < -0.39 is 0 Å². The van der Waals surface area contributed by atoms with Crippen LogP contribution in [0.1, 0.15) is 72.6 Å². The summed E-state index contributed by atoms with van der Waals surface area (Å²) in [6, 6.07) is 0.727. The van der Waals surface area contributed by atoms with Crippen LogP contribution in [0.25, 0.3) is 0 Å². The van der Waals surface area contributed by atoms with Crippen LogP contribution in [-0.2, 0) is 0 Å². The van der Waals surface area contributed by atoms with Crippen molar-refractivity contribution in [3.05, 3.63) is 0 Å². The molecule has 2 fully saturated rings. The first kappa shape index (κ1) is 17.3. The first-order valence-corrected chi connectivity index (χ1v) is 9.47. The van der Waals surface area contributed by atoms with E-state index in [1.54, 1.807) is 0 Å². The summed E-state index contributed by atoms with van der Waals surface area (Å²) in [4.78, 5) is 2.79. The zero-order chi connectivity index (χ0) is 15.3. The lowest BCUT2D eigenvalue weighted by Gasteiger charge is -2.47. The highest BCUT2D eigenvalue weighted by molar-refractivity contribution is 4.91. The van der Waals surface area contributed by atoms with Crippen LogP contribution in [-0.4, -0.2) is 37.1 Å². The molecule has 2 heteroatoms. The van der Waals surface area contributed by atoms with Gasteiger partial charge in [-0.25, -0.2) is 0 Å². The molecule has 124 valence electrons. The van der Waals surface area contributed by atoms with Crippen molar-refractivity contribution >= 4 is 0 Å². The number of likely N-dealkylation sites (tertiary alicyclic amines) is 1. The highest BCUT2D eigenvalue weighted by Crippen LogP contribution is 2.44. The Bertz CT molecular complexity index is 282. The minimum absolute atomic E-state index is 0.727. The Balaban J connectivity index is 1.82. The molecule has 0 aromatic rings. The van der Waals surface area contributed by atoms with Crippen molar-refractivity contribution in [3.8, 4) is 0 Å². The van der Waals surface area contributed by atoms with Gasteiger partial charge in [-0.2, -0.15) is 0 Å². The highest BCUT2D eigenvalue weighted by Gasteiger charge is 2.37. The maximum absolute atomic E-state index is 3.69. The second-order valence-electron chi connectivity index (χ2n) is 8.46. The lowest BCUT2D eigenvalue weighted by Crippen LogP contribution is -2.51. The van der Waals surface area contributed by atoms with Gasteiger partial charge in [0.15, 0.2) is 0 Å². The maximum atomic E-state index is 3.69. The van der Waals surface area contributed by atoms with Crippen molar-refractivity contribution in [2.24, 2.45) is 17.3 Å². The fourth-order valence-corrected chi connectivity index (χ4v) is 4.44. The van der Waals surface area contributed by atoms with Gasteiger partial charge in [0.2, 0.25) is 0 Å². The summed E-state index contributed by atoms with van der Waals surface area (Å²) in [5, 5.41) is 3.69. The fourth-order valence-electron chi connectivity index (χ4n) is 4.44. The van der Waals surface area contributed by atoms with Crippen molar-refractivity contribution < 1.29 is 0 Å². The van der Waals surface area contributed by atoms with E-state index in [2.05, 4.69) is 37.9 Å². The molecule has 1 saturated heterocycles. The Morgan fingerprint density at radius 1 is 0.857 bits per heavy atom. The standard InChI is InChI=1S/C19H38N2/c1-16(2)14-20-15-18(17(3)4)21-12-10-19(11-13-21)8-6-5-7-9-19/h16-18,20H,5-15H2,1-4H3. The molecule has 1 spiro atoms. The van der Waals surface area contributed by atoms with Gasteiger partial charge >= 0.3 is 0 Å². The molecule has 0 radical (unpaired) electrons. The van der Waals surface area contributed by atoms with Crippen LogP contribution in [0.5, 0.6) is 0 Å². The number of nitrogens with one attached hydrogen (secondary N) is 1. The minimum Gasteiger partial charge on any atom is -0.315 e. The van der Waals surface area contributed by atoms with Gasteiger partial charge in [0.05, 0.1) is 0 Å². The van der Waals surface area contributed by atoms with E-state index in [1.165, 1.54) is 64.6 Å². The quantitative estimate of drug-likeness (QED) is 0.785. The van der Waals surface area contributed by atoms with Crippen LogP contribution in [0.3, 0.4) is 0 Å². The number of hydrogen-bond donors (Lipinski definition) is 1. The Morgan fingerprint density at radius 2 is 1.48 bits per heavy atom. The summed E-state index contributed by atoms with van der Waals surface area (Å²) in [7, 11) is 0. The van der Waals surface area contributed by atoms with Crippen molar-refractivity contribution in [3.63, 3.8) is 0 Å². The lowest BCUT2D eigenvalue weighted by molar-refractivity contribution is 0.0328. The van der Waals surface area contributed by atoms with Crippen LogP contribution in [0, 0.1) is 17.3 Å². The Hall–Kier alpha value is -0.0800. The monoisotopic (exact) mass is 294 g/mol. The first-order valence-electron chi connectivity index (χ1n) is 9.47. The summed E-state index contributed by atoms with van der Waals surface area (Å²) >= 11 is 0. The molecule has 1 unspecified atom stereocenters. The molecule has 1 heterocycles. The first-order chi connectivity index (χ1) is 10.0. The Kier molecular flexibility index (Phi) is 6.55. The van der Waals surface area contributed by atoms with E-state index in [1.807, 2.05) is 0 Å². The van der Waals surface area contributed by atoms with Gasteiger partial charge in [0, 0.05) is 12.6 Å². The van der Waals surface area contributed by atoms with Crippen LogP contribution in [0.4, 0.5) is 0 Å². The fraction of sp³-hybridized carbons (Fsp3) is 1.00. The van der Waals surface area contributed by atoms with Crippen molar-refractivity contribution in [1.82, 2.24) is 10.2 Å². The van der Waals surface area contributed by atoms with E-state index in [9.17, 15) is 0 Å². The zero-order valence-electron chi connectivity index (χ0n) is 15.0. The zero-order valence-corrected chi connectivity index (χ0v) is 15.0. The predicted molar refractivity (Wildman–Crippen MR) is 92.7 cm³/mol. The highest BCUT2D eigenvalue weighted by atomic mass is 15.2. The van der Waals surface area contributed by atoms with E-state index in [4.69, 9.17) is 0 Å². The van der Waals surface area contributed by atoms with E-state index >= 15 is 0 Å². The van der Waals surface area contributed by atoms with E-state index in [0.717, 1.165) is 29.8 Å². The molecule has 2 rings (SSSR count). The third-order valence-electron chi connectivity index (χ3n) is 5.92. The minimum atomic E-state index is 0.727.